The number of hydroxylamine groups is 2. The van der Waals surface area contributed by atoms with Gasteiger partial charge in [0.05, 0.1) is 11.8 Å². The molecule has 0 aromatic rings. The molecule has 0 spiro atoms. The monoisotopic (exact) mass is 233 g/mol. The summed E-state index contributed by atoms with van der Waals surface area (Å²) in [6.07, 6.45) is 5.75. The molecule has 4 unspecified atom stereocenters. The van der Waals surface area contributed by atoms with Crippen molar-refractivity contribution in [3.63, 3.8) is 0 Å². The Bertz CT molecular complexity index is 437. The van der Waals surface area contributed by atoms with Gasteiger partial charge in [-0.05, 0) is 18.3 Å². The van der Waals surface area contributed by atoms with Crippen LogP contribution in [0.2, 0.25) is 0 Å². The van der Waals surface area contributed by atoms with Crippen LogP contribution < -0.4 is 0 Å². The standard InChI is InChI=1S/C12H11NO4/c1-2-8(14)17-13-11(15)9-6-3-4-7(5-6)10(9)12(13)16/h2-4,6-7,9-10H,1,5H2. The van der Waals surface area contributed by atoms with Crippen LogP contribution in [0.1, 0.15) is 6.42 Å². The van der Waals surface area contributed by atoms with Gasteiger partial charge in [-0.3, -0.25) is 9.59 Å². The Morgan fingerprint density at radius 2 is 1.82 bits per heavy atom. The highest BCUT2D eigenvalue weighted by Gasteiger charge is 2.60. The Morgan fingerprint density at radius 3 is 2.29 bits per heavy atom. The van der Waals surface area contributed by atoms with E-state index in [-0.39, 0.29) is 23.7 Å². The molecule has 0 radical (unpaired) electrons. The quantitative estimate of drug-likeness (QED) is 0.394. The third-order valence-electron chi connectivity index (χ3n) is 3.78. The molecular weight excluding hydrogens is 222 g/mol. The number of hydrogen-bond acceptors (Lipinski definition) is 4. The summed E-state index contributed by atoms with van der Waals surface area (Å²) in [5.74, 6) is -2.01. The molecule has 0 N–H and O–H groups in total. The number of carbonyl (C=O) groups is 3. The lowest BCUT2D eigenvalue weighted by Gasteiger charge is -2.14. The molecule has 3 aliphatic rings. The molecule has 1 heterocycles. The second-order valence-electron chi connectivity index (χ2n) is 4.59. The Hall–Kier alpha value is -1.91. The minimum atomic E-state index is -0.785. The SMILES string of the molecule is C=CC(=O)ON1C(=O)C2C3C=CC(C3)C2C1=O. The van der Waals surface area contributed by atoms with Crippen molar-refractivity contribution < 1.29 is 19.2 Å². The number of imide groups is 1. The third kappa shape index (κ3) is 1.22. The van der Waals surface area contributed by atoms with E-state index in [0.29, 0.717) is 5.06 Å². The number of fused-ring (bicyclic) bond motifs is 5. The first kappa shape index (κ1) is 10.3. The van der Waals surface area contributed by atoms with E-state index < -0.39 is 17.8 Å². The van der Waals surface area contributed by atoms with Crippen LogP contribution >= 0.6 is 0 Å². The first-order valence-corrected chi connectivity index (χ1v) is 5.54. The number of rotatable bonds is 2. The lowest BCUT2D eigenvalue weighted by Crippen LogP contribution is -2.34. The van der Waals surface area contributed by atoms with Crippen LogP contribution in [0.3, 0.4) is 0 Å². The van der Waals surface area contributed by atoms with E-state index in [1.165, 1.54) is 0 Å². The van der Waals surface area contributed by atoms with Gasteiger partial charge in [-0.25, -0.2) is 4.79 Å². The fourth-order valence-electron chi connectivity index (χ4n) is 3.09. The minimum Gasteiger partial charge on any atom is -0.326 e. The van der Waals surface area contributed by atoms with Crippen molar-refractivity contribution in [2.45, 2.75) is 6.42 Å². The first-order valence-electron chi connectivity index (χ1n) is 5.54. The zero-order valence-corrected chi connectivity index (χ0v) is 9.04. The average Bonchev–Trinajstić information content (AvgIpc) is 2.98. The zero-order valence-electron chi connectivity index (χ0n) is 9.04. The molecule has 2 amide bonds. The second kappa shape index (κ2) is 3.29. The van der Waals surface area contributed by atoms with Crippen LogP contribution in [0.15, 0.2) is 24.8 Å². The highest BCUT2D eigenvalue weighted by molar-refractivity contribution is 6.06. The summed E-state index contributed by atoms with van der Waals surface area (Å²) in [6.45, 7) is 3.23. The predicted octanol–water partition coefficient (Wildman–Crippen LogP) is 0.438. The molecule has 3 rings (SSSR count). The van der Waals surface area contributed by atoms with E-state index in [9.17, 15) is 14.4 Å². The van der Waals surface area contributed by atoms with Crippen LogP contribution in [0, 0.1) is 23.7 Å². The highest BCUT2D eigenvalue weighted by Crippen LogP contribution is 2.52. The summed E-state index contributed by atoms with van der Waals surface area (Å²) in [6, 6.07) is 0. The normalized spacial score (nSPS) is 37.5. The molecule has 5 nitrogen and oxygen atoms in total. The summed E-state index contributed by atoms with van der Waals surface area (Å²) in [5, 5.41) is 0.617. The third-order valence-corrected chi connectivity index (χ3v) is 3.78. The zero-order chi connectivity index (χ0) is 12.2. The van der Waals surface area contributed by atoms with E-state index in [4.69, 9.17) is 4.84 Å². The Balaban J connectivity index is 1.87. The van der Waals surface area contributed by atoms with E-state index in [1.54, 1.807) is 0 Å². The fourth-order valence-corrected chi connectivity index (χ4v) is 3.09. The van der Waals surface area contributed by atoms with Gasteiger partial charge in [0.2, 0.25) is 0 Å². The fraction of sp³-hybridized carbons (Fsp3) is 0.417. The summed E-state index contributed by atoms with van der Waals surface area (Å²) in [7, 11) is 0. The van der Waals surface area contributed by atoms with Gasteiger partial charge in [-0.2, -0.15) is 0 Å². The first-order chi connectivity index (χ1) is 8.13. The number of nitrogens with zero attached hydrogens (tertiary/aromatic N) is 1. The van der Waals surface area contributed by atoms with Crippen molar-refractivity contribution in [2.75, 3.05) is 0 Å². The van der Waals surface area contributed by atoms with Gasteiger partial charge in [-0.15, -0.1) is 5.06 Å². The number of allylic oxidation sites excluding steroid dienone is 2. The summed E-state index contributed by atoms with van der Waals surface area (Å²) in [4.78, 5) is 39.7. The van der Waals surface area contributed by atoms with Gasteiger partial charge in [0.25, 0.3) is 11.8 Å². The lowest BCUT2D eigenvalue weighted by molar-refractivity contribution is -0.195. The topological polar surface area (TPSA) is 63.7 Å². The summed E-state index contributed by atoms with van der Waals surface area (Å²) < 4.78 is 0. The number of hydrogen-bond donors (Lipinski definition) is 0. The Labute approximate surface area is 97.7 Å². The highest BCUT2D eigenvalue weighted by atomic mass is 16.7. The maximum Gasteiger partial charge on any atom is 0.356 e. The van der Waals surface area contributed by atoms with Gasteiger partial charge < -0.3 is 4.84 Å². The molecule has 2 bridgehead atoms. The van der Waals surface area contributed by atoms with Crippen LogP contribution in [-0.4, -0.2) is 22.8 Å². The molecule has 4 atom stereocenters. The largest absolute Gasteiger partial charge is 0.356 e. The van der Waals surface area contributed by atoms with Crippen molar-refractivity contribution in [1.82, 2.24) is 5.06 Å². The molecule has 5 heteroatoms. The number of carbonyl (C=O) groups excluding carboxylic acids is 3. The van der Waals surface area contributed by atoms with Crippen LogP contribution in [0.25, 0.3) is 0 Å². The van der Waals surface area contributed by atoms with E-state index in [2.05, 4.69) is 6.58 Å². The number of amides is 2. The molecular formula is C12H11NO4. The van der Waals surface area contributed by atoms with Crippen LogP contribution in [-0.2, 0) is 19.2 Å². The summed E-state index contributed by atoms with van der Waals surface area (Å²) in [5.41, 5.74) is 0. The van der Waals surface area contributed by atoms with Gasteiger partial charge in [0.15, 0.2) is 0 Å². The minimum absolute atomic E-state index is 0.119. The molecule has 1 saturated heterocycles. The van der Waals surface area contributed by atoms with Gasteiger partial charge in [0, 0.05) is 6.08 Å². The average molecular weight is 233 g/mol. The lowest BCUT2D eigenvalue weighted by atomic mass is 9.85. The van der Waals surface area contributed by atoms with E-state index >= 15 is 0 Å². The van der Waals surface area contributed by atoms with Crippen molar-refractivity contribution in [3.05, 3.63) is 24.8 Å². The van der Waals surface area contributed by atoms with Crippen molar-refractivity contribution in [3.8, 4) is 0 Å². The van der Waals surface area contributed by atoms with Crippen molar-refractivity contribution in [2.24, 2.45) is 23.7 Å². The van der Waals surface area contributed by atoms with Gasteiger partial charge in [-0.1, -0.05) is 18.7 Å². The van der Waals surface area contributed by atoms with Gasteiger partial charge >= 0.3 is 5.97 Å². The smallest absolute Gasteiger partial charge is 0.326 e. The van der Waals surface area contributed by atoms with Crippen LogP contribution in [0.4, 0.5) is 0 Å². The van der Waals surface area contributed by atoms with Crippen molar-refractivity contribution in [1.29, 1.82) is 0 Å². The van der Waals surface area contributed by atoms with E-state index in [1.807, 2.05) is 12.2 Å². The summed E-state index contributed by atoms with van der Waals surface area (Å²) >= 11 is 0. The molecule has 1 saturated carbocycles. The predicted molar refractivity (Wildman–Crippen MR) is 55.9 cm³/mol. The molecule has 2 fully saturated rings. The molecule has 1 aliphatic heterocycles. The Kier molecular flexibility index (Phi) is 1.98. The van der Waals surface area contributed by atoms with Crippen molar-refractivity contribution >= 4 is 17.8 Å². The van der Waals surface area contributed by atoms with Gasteiger partial charge in [0.1, 0.15) is 0 Å². The maximum atomic E-state index is 12.0. The molecule has 17 heavy (non-hydrogen) atoms. The molecule has 2 aliphatic carbocycles. The van der Waals surface area contributed by atoms with Crippen LogP contribution in [0.5, 0.6) is 0 Å². The molecule has 0 aromatic heterocycles. The second-order valence-corrected chi connectivity index (χ2v) is 4.59. The Morgan fingerprint density at radius 1 is 1.29 bits per heavy atom. The molecule has 0 aromatic carbocycles. The maximum absolute atomic E-state index is 12.0. The van der Waals surface area contributed by atoms with E-state index in [0.717, 1.165) is 12.5 Å². The molecule has 88 valence electrons.